The van der Waals surface area contributed by atoms with E-state index in [1.165, 1.54) is 180 Å². The van der Waals surface area contributed by atoms with E-state index in [1.807, 2.05) is 0 Å². The van der Waals surface area contributed by atoms with E-state index in [0.717, 1.165) is 102 Å². The maximum Gasteiger partial charge on any atom is 0.472 e. The number of ether oxygens (including phenoxy) is 4. The van der Waals surface area contributed by atoms with Crippen LogP contribution in [0.5, 0.6) is 0 Å². The fraction of sp³-hybridized carbons (Fsp3) is 0.943. The van der Waals surface area contributed by atoms with Gasteiger partial charge in [0, 0.05) is 25.7 Å². The Hall–Kier alpha value is -1.94. The summed E-state index contributed by atoms with van der Waals surface area (Å²) in [4.78, 5) is 72.3. The van der Waals surface area contributed by atoms with Gasteiger partial charge in [-0.2, -0.15) is 0 Å². The van der Waals surface area contributed by atoms with Gasteiger partial charge in [0.25, 0.3) is 0 Å². The summed E-state index contributed by atoms with van der Waals surface area (Å²) in [6.45, 7) is 7.26. The number of rotatable bonds is 70. The van der Waals surface area contributed by atoms with E-state index in [9.17, 15) is 43.2 Å². The number of aliphatic hydroxyl groups is 1. The first-order valence-corrected chi connectivity index (χ1v) is 39.7. The van der Waals surface area contributed by atoms with E-state index in [1.54, 1.807) is 0 Å². The van der Waals surface area contributed by atoms with Crippen molar-refractivity contribution in [2.45, 2.75) is 380 Å². The molecule has 0 aliphatic heterocycles. The van der Waals surface area contributed by atoms with E-state index < -0.39 is 97.5 Å². The number of carbonyl (C=O) groups excluding carboxylic acids is 4. The number of phosphoric acid groups is 2. The summed E-state index contributed by atoms with van der Waals surface area (Å²) in [6, 6.07) is 0. The zero-order chi connectivity index (χ0) is 65.6. The second-order valence-electron chi connectivity index (χ2n) is 25.5. The molecule has 0 fully saturated rings. The minimum Gasteiger partial charge on any atom is -0.462 e. The predicted octanol–water partition coefficient (Wildman–Crippen LogP) is 20.1. The lowest BCUT2D eigenvalue weighted by Crippen LogP contribution is -2.30. The van der Waals surface area contributed by atoms with Crippen LogP contribution < -0.4 is 0 Å². The largest absolute Gasteiger partial charge is 0.472 e. The van der Waals surface area contributed by atoms with Crippen molar-refractivity contribution in [2.24, 2.45) is 5.92 Å². The fourth-order valence-electron chi connectivity index (χ4n) is 10.6. The number of unbranched alkanes of at least 4 members (excludes halogenated alkanes) is 41. The van der Waals surface area contributed by atoms with Crippen molar-refractivity contribution in [3.63, 3.8) is 0 Å². The molecule has 0 spiro atoms. The lowest BCUT2D eigenvalue weighted by Gasteiger charge is -2.21. The minimum atomic E-state index is -4.95. The summed E-state index contributed by atoms with van der Waals surface area (Å²) in [5, 5.41) is 10.6. The van der Waals surface area contributed by atoms with Gasteiger partial charge in [-0.3, -0.25) is 37.3 Å². The molecule has 528 valence electrons. The molecule has 19 heteroatoms. The SMILES string of the molecule is CCCCCCCCCCCCC(=O)OC[C@H](COP(=O)(O)OC[C@@H](O)COP(=O)(O)OC[C@@H](COC(=O)CCCCCCCCCC)OC(=O)CCCCCCCCCCC)OC(=O)CCCCCCCCCCCCCCCCCCCCC(C)CC. The quantitative estimate of drug-likeness (QED) is 0.0222. The molecule has 0 aromatic rings. The molecular formula is C70H136O17P2. The lowest BCUT2D eigenvalue weighted by atomic mass is 9.99. The Morgan fingerprint density at radius 3 is 0.798 bits per heavy atom. The molecule has 0 heterocycles. The van der Waals surface area contributed by atoms with E-state index >= 15 is 0 Å². The highest BCUT2D eigenvalue weighted by molar-refractivity contribution is 7.47. The third-order valence-corrected chi connectivity index (χ3v) is 18.5. The summed E-state index contributed by atoms with van der Waals surface area (Å²) in [5.41, 5.74) is 0. The predicted molar refractivity (Wildman–Crippen MR) is 358 cm³/mol. The molecule has 0 saturated carbocycles. The molecule has 3 N–H and O–H groups in total. The summed E-state index contributed by atoms with van der Waals surface area (Å²) in [7, 11) is -9.89. The maximum absolute atomic E-state index is 13.0. The third kappa shape index (κ3) is 63.2. The maximum atomic E-state index is 13.0. The van der Waals surface area contributed by atoms with Gasteiger partial charge in [0.05, 0.1) is 26.4 Å². The second-order valence-corrected chi connectivity index (χ2v) is 28.4. The highest BCUT2D eigenvalue weighted by atomic mass is 31.2. The Balaban J connectivity index is 5.10. The molecule has 0 amide bonds. The summed E-state index contributed by atoms with van der Waals surface area (Å²) in [6.07, 6.45) is 50.1. The average molecular weight is 1310 g/mol. The van der Waals surface area contributed by atoms with Crippen molar-refractivity contribution >= 4 is 39.5 Å². The number of phosphoric ester groups is 2. The number of esters is 4. The molecule has 0 saturated heterocycles. The van der Waals surface area contributed by atoms with E-state index in [4.69, 9.17) is 37.0 Å². The van der Waals surface area contributed by atoms with Gasteiger partial charge < -0.3 is 33.8 Å². The molecule has 0 radical (unpaired) electrons. The van der Waals surface area contributed by atoms with Gasteiger partial charge >= 0.3 is 39.5 Å². The van der Waals surface area contributed by atoms with Crippen molar-refractivity contribution < 1.29 is 80.2 Å². The van der Waals surface area contributed by atoms with Crippen LogP contribution in [-0.2, 0) is 65.4 Å². The van der Waals surface area contributed by atoms with Crippen LogP contribution in [0.3, 0.4) is 0 Å². The summed E-state index contributed by atoms with van der Waals surface area (Å²) < 4.78 is 68.1. The molecule has 0 bridgehead atoms. The van der Waals surface area contributed by atoms with Crippen molar-refractivity contribution in [3.8, 4) is 0 Å². The Morgan fingerprint density at radius 2 is 0.539 bits per heavy atom. The second kappa shape index (κ2) is 63.5. The lowest BCUT2D eigenvalue weighted by molar-refractivity contribution is -0.161. The molecule has 0 aromatic carbocycles. The normalized spacial score (nSPS) is 14.4. The molecule has 0 aromatic heterocycles. The van der Waals surface area contributed by atoms with Crippen LogP contribution in [0.25, 0.3) is 0 Å². The monoisotopic (exact) mass is 1310 g/mol. The van der Waals surface area contributed by atoms with Crippen molar-refractivity contribution in [2.75, 3.05) is 39.6 Å². The van der Waals surface area contributed by atoms with E-state index in [-0.39, 0.29) is 25.7 Å². The highest BCUT2D eigenvalue weighted by Crippen LogP contribution is 2.45. The van der Waals surface area contributed by atoms with Gasteiger partial charge in [-0.05, 0) is 31.6 Å². The third-order valence-electron chi connectivity index (χ3n) is 16.6. The first kappa shape index (κ1) is 87.1. The minimum absolute atomic E-state index is 0.106. The summed E-state index contributed by atoms with van der Waals surface area (Å²) >= 11 is 0. The number of aliphatic hydroxyl groups excluding tert-OH is 1. The van der Waals surface area contributed by atoms with Crippen molar-refractivity contribution in [1.29, 1.82) is 0 Å². The molecule has 0 aliphatic carbocycles. The van der Waals surface area contributed by atoms with Crippen LogP contribution in [0, 0.1) is 5.92 Å². The molecule has 0 rings (SSSR count). The van der Waals surface area contributed by atoms with Gasteiger partial charge in [0.15, 0.2) is 12.2 Å². The zero-order valence-electron chi connectivity index (χ0n) is 57.6. The van der Waals surface area contributed by atoms with Gasteiger partial charge in [0.1, 0.15) is 19.3 Å². The molecule has 17 nitrogen and oxygen atoms in total. The Bertz CT molecular complexity index is 1720. The van der Waals surface area contributed by atoms with Gasteiger partial charge in [0.2, 0.25) is 0 Å². The van der Waals surface area contributed by atoms with Gasteiger partial charge in [-0.1, -0.05) is 311 Å². The molecular weight excluding hydrogens is 1170 g/mol. The number of carbonyl (C=O) groups is 4. The number of hydrogen-bond donors (Lipinski definition) is 3. The van der Waals surface area contributed by atoms with Gasteiger partial charge in [-0.25, -0.2) is 9.13 Å². The van der Waals surface area contributed by atoms with Gasteiger partial charge in [-0.15, -0.1) is 0 Å². The topological polar surface area (TPSA) is 237 Å². The molecule has 89 heavy (non-hydrogen) atoms. The zero-order valence-corrected chi connectivity index (χ0v) is 59.4. The highest BCUT2D eigenvalue weighted by Gasteiger charge is 2.30. The fourth-order valence-corrected chi connectivity index (χ4v) is 12.2. The Labute approximate surface area is 543 Å². The Kier molecular flexibility index (Phi) is 62.1. The number of hydrogen-bond acceptors (Lipinski definition) is 15. The first-order valence-electron chi connectivity index (χ1n) is 36.7. The van der Waals surface area contributed by atoms with Crippen LogP contribution in [0.15, 0.2) is 0 Å². The first-order chi connectivity index (χ1) is 43.1. The van der Waals surface area contributed by atoms with Crippen LogP contribution in [0.1, 0.15) is 362 Å². The van der Waals surface area contributed by atoms with Crippen LogP contribution in [-0.4, -0.2) is 96.7 Å². The van der Waals surface area contributed by atoms with E-state index in [2.05, 4.69) is 34.6 Å². The standard InChI is InChI=1S/C70H136O17P2/c1-6-10-13-16-19-22-35-39-44-49-54-68(73)81-60-66(87-70(75)56-51-46-41-36-32-30-28-26-24-23-25-27-29-31-34-37-42-47-52-63(5)9-4)62-85-89(78,79)83-58-64(71)57-82-88(76,77)84-61-65(59-80-67(72)53-48-43-38-21-18-15-12-8-3)86-69(74)55-50-45-40-33-20-17-14-11-7-2/h63-66,71H,6-62H2,1-5H3,(H,76,77)(H,78,79)/t63?,64-,65+,66+/m0/s1. The van der Waals surface area contributed by atoms with Crippen molar-refractivity contribution in [3.05, 3.63) is 0 Å². The summed E-state index contributed by atoms with van der Waals surface area (Å²) in [5.74, 6) is -1.26. The van der Waals surface area contributed by atoms with Crippen LogP contribution >= 0.6 is 15.6 Å². The molecule has 6 atom stereocenters. The Morgan fingerprint density at radius 1 is 0.315 bits per heavy atom. The smallest absolute Gasteiger partial charge is 0.462 e. The van der Waals surface area contributed by atoms with E-state index in [0.29, 0.717) is 25.7 Å². The van der Waals surface area contributed by atoms with Crippen LogP contribution in [0.4, 0.5) is 0 Å². The van der Waals surface area contributed by atoms with Crippen molar-refractivity contribution in [1.82, 2.24) is 0 Å². The average Bonchev–Trinajstić information content (AvgIpc) is 3.61. The van der Waals surface area contributed by atoms with Crippen LogP contribution in [0.2, 0.25) is 0 Å². The molecule has 3 unspecified atom stereocenters. The molecule has 0 aliphatic rings.